The molecule has 4 heteroatoms. The average molecular weight is 355 g/mol. The summed E-state index contributed by atoms with van der Waals surface area (Å²) in [5.41, 5.74) is 1.10. The van der Waals surface area contributed by atoms with Gasteiger partial charge in [0.15, 0.2) is 0 Å². The first-order valence-electron chi connectivity index (χ1n) is 8.55. The van der Waals surface area contributed by atoms with Gasteiger partial charge in [0.05, 0.1) is 12.1 Å². The third-order valence-corrected chi connectivity index (χ3v) is 3.52. The maximum absolute atomic E-state index is 13.2. The van der Waals surface area contributed by atoms with E-state index in [4.69, 9.17) is 0 Å². The van der Waals surface area contributed by atoms with Crippen LogP contribution >= 0.6 is 0 Å². The van der Waals surface area contributed by atoms with Gasteiger partial charge in [-0.05, 0) is 44.5 Å². The molecular weight excluding hydrogens is 329 g/mol. The first-order valence-corrected chi connectivity index (χ1v) is 8.55. The van der Waals surface area contributed by atoms with Crippen LogP contribution in [0.25, 0.3) is 0 Å². The maximum atomic E-state index is 13.2. The van der Waals surface area contributed by atoms with Crippen LogP contribution in [0.15, 0.2) is 60.2 Å². The molecule has 0 saturated heterocycles. The Hall–Kier alpha value is -2.64. The van der Waals surface area contributed by atoms with Gasteiger partial charge in [0.1, 0.15) is 5.82 Å². The smallest absolute Gasteiger partial charge is 0.247 e. The molecule has 0 atom stereocenters. The van der Waals surface area contributed by atoms with E-state index in [2.05, 4.69) is 23.7 Å². The third-order valence-electron chi connectivity index (χ3n) is 3.52. The van der Waals surface area contributed by atoms with Gasteiger partial charge in [0, 0.05) is 16.7 Å². The lowest BCUT2D eigenvalue weighted by atomic mass is 10.0. The molecule has 1 aromatic carbocycles. The number of rotatable bonds is 7. The zero-order valence-corrected chi connectivity index (χ0v) is 15.6. The quantitative estimate of drug-likeness (QED) is 0.443. The van der Waals surface area contributed by atoms with Crippen molar-refractivity contribution in [2.45, 2.75) is 39.2 Å². The molecule has 1 rings (SSSR count). The molecule has 1 amide bonds. The zero-order valence-electron chi connectivity index (χ0n) is 15.6. The van der Waals surface area contributed by atoms with Crippen molar-refractivity contribution >= 4 is 5.91 Å². The van der Waals surface area contributed by atoms with Crippen molar-refractivity contribution in [2.75, 3.05) is 6.61 Å². The van der Waals surface area contributed by atoms with Crippen LogP contribution < -0.4 is 5.32 Å². The summed E-state index contributed by atoms with van der Waals surface area (Å²) >= 11 is 0. The summed E-state index contributed by atoms with van der Waals surface area (Å²) in [5, 5.41) is 12.1. The van der Waals surface area contributed by atoms with Crippen LogP contribution in [0.4, 0.5) is 4.39 Å². The summed E-state index contributed by atoms with van der Waals surface area (Å²) in [5.74, 6) is 5.24. The van der Waals surface area contributed by atoms with Crippen molar-refractivity contribution in [3.63, 3.8) is 0 Å². The molecule has 0 saturated carbocycles. The Kier molecular flexibility index (Phi) is 8.54. The molecule has 0 aromatic heterocycles. The number of carbonyl (C=O) groups is 1. The fourth-order valence-corrected chi connectivity index (χ4v) is 2.03. The standard InChI is InChI=1S/C22H26FNO2/c1-5-8-19(21(26)24-22(3,4)16-25)14-13-17(6-2)11-12-18-9-7-10-20(23)15-18/h6-7,9-10,13-15,25H,2,5,8,16H2,1,3-4H3,(H,24,26). The molecule has 138 valence electrons. The Morgan fingerprint density at radius 3 is 2.69 bits per heavy atom. The Bertz CT molecular complexity index is 764. The second kappa shape index (κ2) is 10.4. The third kappa shape index (κ3) is 7.50. The number of carbonyl (C=O) groups excluding carboxylic acids is 1. The summed E-state index contributed by atoms with van der Waals surface area (Å²) in [4.78, 5) is 12.4. The van der Waals surface area contributed by atoms with Crippen molar-refractivity contribution in [1.82, 2.24) is 5.32 Å². The average Bonchev–Trinajstić information content (AvgIpc) is 2.60. The van der Waals surface area contributed by atoms with Crippen molar-refractivity contribution in [2.24, 2.45) is 0 Å². The van der Waals surface area contributed by atoms with Crippen LogP contribution in [-0.4, -0.2) is 23.2 Å². The maximum Gasteiger partial charge on any atom is 0.247 e. The summed E-state index contributed by atoms with van der Waals surface area (Å²) < 4.78 is 13.2. The lowest BCUT2D eigenvalue weighted by Crippen LogP contribution is -2.46. The van der Waals surface area contributed by atoms with Gasteiger partial charge in [-0.3, -0.25) is 4.79 Å². The van der Waals surface area contributed by atoms with Gasteiger partial charge >= 0.3 is 0 Å². The predicted octanol–water partition coefficient (Wildman–Crippen LogP) is 3.90. The molecule has 2 N–H and O–H groups in total. The van der Waals surface area contributed by atoms with Crippen LogP contribution in [-0.2, 0) is 4.79 Å². The van der Waals surface area contributed by atoms with Crippen molar-refractivity contribution in [1.29, 1.82) is 0 Å². The highest BCUT2D eigenvalue weighted by Crippen LogP contribution is 2.10. The molecule has 3 nitrogen and oxygen atoms in total. The van der Waals surface area contributed by atoms with Gasteiger partial charge in [0.2, 0.25) is 5.91 Å². The minimum Gasteiger partial charge on any atom is -0.394 e. The number of aliphatic hydroxyl groups is 1. The topological polar surface area (TPSA) is 49.3 Å². The number of hydrogen-bond donors (Lipinski definition) is 2. The van der Waals surface area contributed by atoms with Gasteiger partial charge in [-0.25, -0.2) is 4.39 Å². The lowest BCUT2D eigenvalue weighted by Gasteiger charge is -2.24. The summed E-state index contributed by atoms with van der Waals surface area (Å²) in [6, 6.07) is 6.04. The highest BCUT2D eigenvalue weighted by molar-refractivity contribution is 5.94. The van der Waals surface area contributed by atoms with Gasteiger partial charge < -0.3 is 10.4 Å². The number of halogens is 1. The molecule has 0 fully saturated rings. The first-order chi connectivity index (χ1) is 12.3. The van der Waals surface area contributed by atoms with E-state index in [-0.39, 0.29) is 18.3 Å². The molecule has 0 aliphatic heterocycles. The van der Waals surface area contributed by atoms with Crippen LogP contribution in [0.1, 0.15) is 39.2 Å². The first kappa shape index (κ1) is 21.4. The highest BCUT2D eigenvalue weighted by Gasteiger charge is 2.20. The Labute approximate surface area is 155 Å². The van der Waals surface area contributed by atoms with Crippen LogP contribution in [0.3, 0.4) is 0 Å². The second-order valence-corrected chi connectivity index (χ2v) is 6.52. The number of nitrogens with one attached hydrogen (secondary N) is 1. The van der Waals surface area contributed by atoms with Crippen LogP contribution in [0.2, 0.25) is 0 Å². The van der Waals surface area contributed by atoms with Gasteiger partial charge in [-0.15, -0.1) is 0 Å². The molecule has 1 aromatic rings. The fourth-order valence-electron chi connectivity index (χ4n) is 2.03. The Morgan fingerprint density at radius 2 is 2.12 bits per heavy atom. The fraction of sp³-hybridized carbons (Fsp3) is 0.318. The normalized spacial score (nSPS) is 12.2. The summed E-state index contributed by atoms with van der Waals surface area (Å²) in [6.07, 6.45) is 6.43. The van der Waals surface area contributed by atoms with E-state index in [9.17, 15) is 14.3 Å². The minimum atomic E-state index is -0.688. The van der Waals surface area contributed by atoms with E-state index in [1.807, 2.05) is 6.92 Å². The van der Waals surface area contributed by atoms with E-state index >= 15 is 0 Å². The Morgan fingerprint density at radius 1 is 1.38 bits per heavy atom. The largest absolute Gasteiger partial charge is 0.394 e. The number of benzene rings is 1. The molecular formula is C22H26FNO2. The van der Waals surface area contributed by atoms with Crippen molar-refractivity contribution < 1.29 is 14.3 Å². The number of hydrogen-bond acceptors (Lipinski definition) is 2. The number of allylic oxidation sites excluding steroid dienone is 4. The van der Waals surface area contributed by atoms with E-state index in [0.29, 0.717) is 23.1 Å². The molecule has 0 aliphatic carbocycles. The van der Waals surface area contributed by atoms with Crippen LogP contribution in [0, 0.1) is 17.7 Å². The monoisotopic (exact) mass is 355 g/mol. The van der Waals surface area contributed by atoms with Crippen molar-refractivity contribution in [3.05, 3.63) is 71.6 Å². The summed E-state index contributed by atoms with van der Waals surface area (Å²) in [7, 11) is 0. The molecule has 0 radical (unpaired) electrons. The molecule has 0 spiro atoms. The lowest BCUT2D eigenvalue weighted by molar-refractivity contribution is -0.119. The number of aliphatic hydroxyl groups excluding tert-OH is 1. The minimum absolute atomic E-state index is 0.148. The van der Waals surface area contributed by atoms with Crippen molar-refractivity contribution in [3.8, 4) is 11.8 Å². The number of amides is 1. The summed E-state index contributed by atoms with van der Waals surface area (Å²) in [6.45, 7) is 9.07. The van der Waals surface area contributed by atoms with Gasteiger partial charge in [0.25, 0.3) is 0 Å². The van der Waals surface area contributed by atoms with E-state index in [0.717, 1.165) is 6.42 Å². The molecule has 0 bridgehead atoms. The van der Waals surface area contributed by atoms with E-state index in [1.165, 1.54) is 12.1 Å². The van der Waals surface area contributed by atoms with E-state index in [1.54, 1.807) is 44.2 Å². The molecule has 0 heterocycles. The van der Waals surface area contributed by atoms with Gasteiger partial charge in [-0.2, -0.15) is 0 Å². The second-order valence-electron chi connectivity index (χ2n) is 6.52. The highest BCUT2D eigenvalue weighted by atomic mass is 19.1. The van der Waals surface area contributed by atoms with E-state index < -0.39 is 5.54 Å². The molecule has 0 unspecified atom stereocenters. The van der Waals surface area contributed by atoms with Gasteiger partial charge in [-0.1, -0.05) is 50.0 Å². The zero-order chi connectivity index (χ0) is 19.6. The Balaban J connectivity index is 3.03. The SMILES string of the molecule is C=CC(C#Cc1cccc(F)c1)=CC=C(CCC)C(=O)NC(C)(C)CO. The predicted molar refractivity (Wildman–Crippen MR) is 104 cm³/mol. The molecule has 0 aliphatic rings. The molecule has 26 heavy (non-hydrogen) atoms. The van der Waals surface area contributed by atoms with Crippen LogP contribution in [0.5, 0.6) is 0 Å².